The maximum atomic E-state index is 6.37. The number of aryl methyl sites for hydroxylation is 2. The third-order valence-electron chi connectivity index (χ3n) is 3.61. The third kappa shape index (κ3) is 3.39. The molecule has 1 aromatic carbocycles. The molecule has 1 N–H and O–H groups in total. The van der Waals surface area contributed by atoms with Crippen LogP contribution in [0.15, 0.2) is 18.2 Å². The van der Waals surface area contributed by atoms with Gasteiger partial charge >= 0.3 is 0 Å². The highest BCUT2D eigenvalue weighted by Crippen LogP contribution is 2.32. The molecule has 0 bridgehead atoms. The maximum absolute atomic E-state index is 6.37. The second-order valence-corrected chi connectivity index (χ2v) is 5.60. The molecule has 0 amide bonds. The van der Waals surface area contributed by atoms with Gasteiger partial charge in [0.25, 0.3) is 0 Å². The zero-order chi connectivity index (χ0) is 15.6. The molecule has 0 spiro atoms. The van der Waals surface area contributed by atoms with E-state index in [0.717, 1.165) is 35.0 Å². The lowest BCUT2D eigenvalue weighted by molar-refractivity contribution is 0.473. The molecular formula is C16H22ClN3O. The Labute approximate surface area is 131 Å². The van der Waals surface area contributed by atoms with Crippen LogP contribution in [0.4, 0.5) is 0 Å². The van der Waals surface area contributed by atoms with Crippen LogP contribution in [0, 0.1) is 13.8 Å². The Morgan fingerprint density at radius 1 is 1.38 bits per heavy atom. The van der Waals surface area contributed by atoms with Gasteiger partial charge < -0.3 is 10.1 Å². The quantitative estimate of drug-likeness (QED) is 0.901. The topological polar surface area (TPSA) is 39.1 Å². The molecule has 1 heterocycles. The molecule has 114 valence electrons. The lowest BCUT2D eigenvalue weighted by Gasteiger charge is -2.15. The summed E-state index contributed by atoms with van der Waals surface area (Å²) in [5.74, 6) is 1.52. The van der Waals surface area contributed by atoms with Crippen molar-refractivity contribution in [2.45, 2.75) is 33.7 Å². The Morgan fingerprint density at radius 2 is 2.10 bits per heavy atom. The van der Waals surface area contributed by atoms with Crippen molar-refractivity contribution < 1.29 is 4.74 Å². The van der Waals surface area contributed by atoms with E-state index < -0.39 is 0 Å². The van der Waals surface area contributed by atoms with Crippen molar-refractivity contribution in [2.24, 2.45) is 7.05 Å². The number of benzene rings is 1. The van der Waals surface area contributed by atoms with Gasteiger partial charge in [0.05, 0.1) is 5.69 Å². The number of halogens is 1. The molecule has 2 aromatic rings. The van der Waals surface area contributed by atoms with Crippen LogP contribution in [0.2, 0.25) is 5.02 Å². The van der Waals surface area contributed by atoms with Crippen LogP contribution in [0.3, 0.4) is 0 Å². The fourth-order valence-electron chi connectivity index (χ4n) is 2.36. The molecule has 0 aliphatic heterocycles. The lowest BCUT2D eigenvalue weighted by atomic mass is 10.1. The first-order valence-electron chi connectivity index (χ1n) is 7.15. The van der Waals surface area contributed by atoms with E-state index in [9.17, 15) is 0 Å². The standard InChI is InChI=1S/C16H22ClN3O/c1-6-18-10(2)14-8-7-13(9-15(14)17)21-16-11(3)19-20(5)12(16)4/h7-10,18H,6H2,1-5H3. The number of aromatic nitrogens is 2. The average Bonchev–Trinajstić information content (AvgIpc) is 2.66. The molecule has 0 fully saturated rings. The van der Waals surface area contributed by atoms with Gasteiger partial charge in [-0.25, -0.2) is 0 Å². The van der Waals surface area contributed by atoms with E-state index in [0.29, 0.717) is 5.02 Å². The monoisotopic (exact) mass is 307 g/mol. The summed E-state index contributed by atoms with van der Waals surface area (Å²) < 4.78 is 7.76. The van der Waals surface area contributed by atoms with Crippen molar-refractivity contribution in [3.8, 4) is 11.5 Å². The van der Waals surface area contributed by atoms with Gasteiger partial charge in [-0.15, -0.1) is 0 Å². The van der Waals surface area contributed by atoms with Crippen molar-refractivity contribution >= 4 is 11.6 Å². The smallest absolute Gasteiger partial charge is 0.171 e. The molecule has 4 nitrogen and oxygen atoms in total. The van der Waals surface area contributed by atoms with Crippen molar-refractivity contribution in [1.82, 2.24) is 15.1 Å². The van der Waals surface area contributed by atoms with E-state index >= 15 is 0 Å². The first kappa shape index (κ1) is 15.9. The van der Waals surface area contributed by atoms with Crippen molar-refractivity contribution in [1.29, 1.82) is 0 Å². The van der Waals surface area contributed by atoms with Crippen LogP contribution in [-0.4, -0.2) is 16.3 Å². The summed E-state index contributed by atoms with van der Waals surface area (Å²) in [6, 6.07) is 6.03. The van der Waals surface area contributed by atoms with Gasteiger partial charge in [-0.3, -0.25) is 4.68 Å². The Hall–Kier alpha value is -1.52. The van der Waals surface area contributed by atoms with E-state index in [4.69, 9.17) is 16.3 Å². The van der Waals surface area contributed by atoms with E-state index in [1.807, 2.05) is 43.8 Å². The first-order valence-corrected chi connectivity index (χ1v) is 7.52. The van der Waals surface area contributed by atoms with Gasteiger partial charge in [-0.05, 0) is 45.0 Å². The van der Waals surface area contributed by atoms with E-state index in [1.54, 1.807) is 0 Å². The molecule has 5 heteroatoms. The molecule has 0 saturated carbocycles. The highest BCUT2D eigenvalue weighted by Gasteiger charge is 2.14. The van der Waals surface area contributed by atoms with E-state index in [-0.39, 0.29) is 6.04 Å². The molecule has 1 unspecified atom stereocenters. The van der Waals surface area contributed by atoms with Crippen LogP contribution < -0.4 is 10.1 Å². The predicted molar refractivity (Wildman–Crippen MR) is 86.3 cm³/mol. The molecule has 0 radical (unpaired) electrons. The fourth-order valence-corrected chi connectivity index (χ4v) is 2.69. The van der Waals surface area contributed by atoms with Gasteiger partial charge in [0, 0.05) is 18.1 Å². The van der Waals surface area contributed by atoms with Gasteiger partial charge in [0.15, 0.2) is 5.75 Å². The van der Waals surface area contributed by atoms with Crippen molar-refractivity contribution in [3.63, 3.8) is 0 Å². The second kappa shape index (κ2) is 6.50. The number of hydrogen-bond acceptors (Lipinski definition) is 3. The van der Waals surface area contributed by atoms with Crippen LogP contribution in [-0.2, 0) is 7.05 Å². The lowest BCUT2D eigenvalue weighted by Crippen LogP contribution is -2.17. The summed E-state index contributed by atoms with van der Waals surface area (Å²) in [4.78, 5) is 0. The summed E-state index contributed by atoms with van der Waals surface area (Å²) in [6.45, 7) is 9.00. The Kier molecular flexibility index (Phi) is 4.91. The number of hydrogen-bond donors (Lipinski definition) is 1. The minimum absolute atomic E-state index is 0.221. The van der Waals surface area contributed by atoms with Crippen LogP contribution in [0.1, 0.15) is 36.8 Å². The minimum Gasteiger partial charge on any atom is -0.453 e. The van der Waals surface area contributed by atoms with Crippen LogP contribution >= 0.6 is 11.6 Å². The Balaban J connectivity index is 2.24. The van der Waals surface area contributed by atoms with Gasteiger partial charge in [0.2, 0.25) is 0 Å². The number of nitrogens with zero attached hydrogens (tertiary/aromatic N) is 2. The zero-order valence-electron chi connectivity index (χ0n) is 13.2. The average molecular weight is 308 g/mol. The number of ether oxygens (including phenoxy) is 1. The Bertz CT molecular complexity index is 637. The van der Waals surface area contributed by atoms with Crippen LogP contribution in [0.25, 0.3) is 0 Å². The summed E-state index contributed by atoms with van der Waals surface area (Å²) in [5.41, 5.74) is 2.94. The largest absolute Gasteiger partial charge is 0.453 e. The third-order valence-corrected chi connectivity index (χ3v) is 3.94. The minimum atomic E-state index is 0.221. The normalized spacial score (nSPS) is 12.5. The van der Waals surface area contributed by atoms with Gasteiger partial charge in [0.1, 0.15) is 11.4 Å². The van der Waals surface area contributed by atoms with E-state index in [2.05, 4.69) is 24.3 Å². The molecule has 21 heavy (non-hydrogen) atoms. The predicted octanol–water partition coefficient (Wildman–Crippen LogP) is 4.15. The summed E-state index contributed by atoms with van der Waals surface area (Å²) in [6.07, 6.45) is 0. The zero-order valence-corrected chi connectivity index (χ0v) is 14.0. The van der Waals surface area contributed by atoms with Gasteiger partial charge in [-0.2, -0.15) is 5.10 Å². The fraction of sp³-hybridized carbons (Fsp3) is 0.438. The highest BCUT2D eigenvalue weighted by molar-refractivity contribution is 6.31. The van der Waals surface area contributed by atoms with Crippen LogP contribution in [0.5, 0.6) is 11.5 Å². The summed E-state index contributed by atoms with van der Waals surface area (Å²) in [7, 11) is 1.91. The molecule has 2 rings (SSSR count). The molecule has 1 atom stereocenters. The molecule has 0 saturated heterocycles. The van der Waals surface area contributed by atoms with Crippen molar-refractivity contribution in [2.75, 3.05) is 6.54 Å². The molecular weight excluding hydrogens is 286 g/mol. The molecule has 0 aliphatic rings. The molecule has 0 aliphatic carbocycles. The number of rotatable bonds is 5. The highest BCUT2D eigenvalue weighted by atomic mass is 35.5. The number of nitrogens with one attached hydrogen (secondary N) is 1. The second-order valence-electron chi connectivity index (χ2n) is 5.19. The van der Waals surface area contributed by atoms with E-state index in [1.165, 1.54) is 0 Å². The Morgan fingerprint density at radius 3 is 2.62 bits per heavy atom. The van der Waals surface area contributed by atoms with Crippen molar-refractivity contribution in [3.05, 3.63) is 40.2 Å². The maximum Gasteiger partial charge on any atom is 0.171 e. The molecule has 1 aromatic heterocycles. The summed E-state index contributed by atoms with van der Waals surface area (Å²) in [5, 5.41) is 8.41. The van der Waals surface area contributed by atoms with Gasteiger partial charge in [-0.1, -0.05) is 24.6 Å². The first-order chi connectivity index (χ1) is 9.93. The SMILES string of the molecule is CCNC(C)c1ccc(Oc2c(C)nn(C)c2C)cc1Cl. The summed E-state index contributed by atoms with van der Waals surface area (Å²) >= 11 is 6.37.